The molecule has 0 aliphatic carbocycles. The highest BCUT2D eigenvalue weighted by Crippen LogP contribution is 2.34. The molecule has 0 amide bonds. The maximum absolute atomic E-state index is 9.79. The second-order valence-corrected chi connectivity index (χ2v) is 7.58. The topological polar surface area (TPSA) is 41.9 Å². The third-order valence-corrected chi connectivity index (χ3v) is 4.06. The minimum absolute atomic E-state index is 0.0816. The standard InChI is InChI=1S/C15H29NO3/c1-13(2)8-16(9-14(3,4)19-13)10-15(11-17)6-5-7-18-12-15/h17H,5-12H2,1-4H3. The van der Waals surface area contributed by atoms with Crippen molar-refractivity contribution in [1.29, 1.82) is 0 Å². The van der Waals surface area contributed by atoms with E-state index in [2.05, 4.69) is 32.6 Å². The van der Waals surface area contributed by atoms with Crippen LogP contribution in [-0.4, -0.2) is 60.7 Å². The van der Waals surface area contributed by atoms with Crippen LogP contribution in [0.5, 0.6) is 0 Å². The van der Waals surface area contributed by atoms with Crippen molar-refractivity contribution in [2.75, 3.05) is 39.5 Å². The molecule has 19 heavy (non-hydrogen) atoms. The lowest BCUT2D eigenvalue weighted by atomic mass is 9.82. The van der Waals surface area contributed by atoms with Crippen molar-refractivity contribution in [3.8, 4) is 0 Å². The summed E-state index contributed by atoms with van der Waals surface area (Å²) in [6, 6.07) is 0. The van der Waals surface area contributed by atoms with Crippen LogP contribution in [0, 0.1) is 5.41 Å². The van der Waals surface area contributed by atoms with Crippen LogP contribution < -0.4 is 0 Å². The van der Waals surface area contributed by atoms with Crippen molar-refractivity contribution in [3.63, 3.8) is 0 Å². The molecule has 0 saturated carbocycles. The largest absolute Gasteiger partial charge is 0.396 e. The number of aliphatic hydroxyl groups excluding tert-OH is 1. The van der Waals surface area contributed by atoms with E-state index in [9.17, 15) is 5.11 Å². The van der Waals surface area contributed by atoms with Crippen LogP contribution >= 0.6 is 0 Å². The predicted molar refractivity (Wildman–Crippen MR) is 75.3 cm³/mol. The second kappa shape index (κ2) is 5.32. The van der Waals surface area contributed by atoms with Gasteiger partial charge in [0.15, 0.2) is 0 Å². The summed E-state index contributed by atoms with van der Waals surface area (Å²) in [7, 11) is 0. The van der Waals surface area contributed by atoms with Gasteiger partial charge < -0.3 is 14.6 Å². The Labute approximate surface area is 117 Å². The SMILES string of the molecule is CC1(C)CN(CC2(CO)CCCOC2)CC(C)(C)O1. The first-order valence-corrected chi connectivity index (χ1v) is 7.37. The zero-order valence-corrected chi connectivity index (χ0v) is 12.9. The summed E-state index contributed by atoms with van der Waals surface area (Å²) in [4.78, 5) is 2.44. The van der Waals surface area contributed by atoms with Gasteiger partial charge in [-0.1, -0.05) is 0 Å². The van der Waals surface area contributed by atoms with E-state index in [1.165, 1.54) is 0 Å². The highest BCUT2D eigenvalue weighted by atomic mass is 16.5. The average molecular weight is 271 g/mol. The van der Waals surface area contributed by atoms with Crippen molar-refractivity contribution < 1.29 is 14.6 Å². The summed E-state index contributed by atoms with van der Waals surface area (Å²) in [6.45, 7) is 13.0. The summed E-state index contributed by atoms with van der Waals surface area (Å²) >= 11 is 0. The smallest absolute Gasteiger partial charge is 0.0760 e. The van der Waals surface area contributed by atoms with E-state index in [1.807, 2.05) is 0 Å². The minimum atomic E-state index is -0.131. The molecule has 0 bridgehead atoms. The van der Waals surface area contributed by atoms with E-state index in [-0.39, 0.29) is 23.2 Å². The summed E-state index contributed by atoms with van der Waals surface area (Å²) in [5, 5.41) is 9.79. The Morgan fingerprint density at radius 2 is 1.74 bits per heavy atom. The summed E-state index contributed by atoms with van der Waals surface area (Å²) < 4.78 is 11.7. The fraction of sp³-hybridized carbons (Fsp3) is 1.00. The highest BCUT2D eigenvalue weighted by molar-refractivity contribution is 4.93. The van der Waals surface area contributed by atoms with Gasteiger partial charge in [-0.05, 0) is 40.5 Å². The van der Waals surface area contributed by atoms with Gasteiger partial charge in [-0.25, -0.2) is 0 Å². The van der Waals surface area contributed by atoms with Crippen molar-refractivity contribution in [3.05, 3.63) is 0 Å². The van der Waals surface area contributed by atoms with E-state index in [0.29, 0.717) is 6.61 Å². The lowest BCUT2D eigenvalue weighted by Crippen LogP contribution is -2.60. The van der Waals surface area contributed by atoms with Crippen LogP contribution in [0.15, 0.2) is 0 Å². The number of hydrogen-bond donors (Lipinski definition) is 1. The Morgan fingerprint density at radius 3 is 2.21 bits per heavy atom. The quantitative estimate of drug-likeness (QED) is 0.848. The maximum atomic E-state index is 9.79. The summed E-state index contributed by atoms with van der Waals surface area (Å²) in [6.07, 6.45) is 2.11. The lowest BCUT2D eigenvalue weighted by molar-refractivity contribution is -0.190. The molecule has 1 N–H and O–H groups in total. The molecule has 2 fully saturated rings. The Bertz CT molecular complexity index is 293. The third kappa shape index (κ3) is 3.91. The number of aliphatic hydroxyl groups is 1. The Balaban J connectivity index is 2.04. The molecule has 0 spiro atoms. The van der Waals surface area contributed by atoms with Gasteiger partial charge in [-0.3, -0.25) is 4.90 Å². The number of nitrogens with zero attached hydrogens (tertiary/aromatic N) is 1. The maximum Gasteiger partial charge on any atom is 0.0760 e. The third-order valence-electron chi connectivity index (χ3n) is 4.06. The van der Waals surface area contributed by atoms with Crippen molar-refractivity contribution >= 4 is 0 Å². The summed E-state index contributed by atoms with van der Waals surface area (Å²) in [5.41, 5.74) is -0.344. The molecule has 2 aliphatic rings. The monoisotopic (exact) mass is 271 g/mol. The number of morpholine rings is 1. The van der Waals surface area contributed by atoms with E-state index in [0.717, 1.165) is 39.1 Å². The van der Waals surface area contributed by atoms with Gasteiger partial charge in [-0.15, -0.1) is 0 Å². The van der Waals surface area contributed by atoms with E-state index < -0.39 is 0 Å². The van der Waals surface area contributed by atoms with Gasteiger partial charge in [0, 0.05) is 31.7 Å². The van der Waals surface area contributed by atoms with Crippen LogP contribution in [-0.2, 0) is 9.47 Å². The van der Waals surface area contributed by atoms with E-state index >= 15 is 0 Å². The van der Waals surface area contributed by atoms with Crippen LogP contribution in [0.25, 0.3) is 0 Å². The van der Waals surface area contributed by atoms with E-state index in [4.69, 9.17) is 9.47 Å². The molecule has 112 valence electrons. The Morgan fingerprint density at radius 1 is 1.11 bits per heavy atom. The van der Waals surface area contributed by atoms with Crippen LogP contribution in [0.1, 0.15) is 40.5 Å². The molecule has 2 saturated heterocycles. The van der Waals surface area contributed by atoms with Gasteiger partial charge in [0.05, 0.1) is 24.4 Å². The normalized spacial score (nSPS) is 35.2. The van der Waals surface area contributed by atoms with Crippen molar-refractivity contribution in [1.82, 2.24) is 4.90 Å². The zero-order chi connectivity index (χ0) is 14.1. The molecule has 0 aromatic carbocycles. The van der Waals surface area contributed by atoms with Gasteiger partial charge in [0.1, 0.15) is 0 Å². The lowest BCUT2D eigenvalue weighted by Gasteiger charge is -2.50. The molecule has 0 aromatic rings. The minimum Gasteiger partial charge on any atom is -0.396 e. The molecule has 2 heterocycles. The molecule has 1 unspecified atom stereocenters. The van der Waals surface area contributed by atoms with Gasteiger partial charge >= 0.3 is 0 Å². The molecule has 4 heteroatoms. The van der Waals surface area contributed by atoms with Gasteiger partial charge in [-0.2, -0.15) is 0 Å². The van der Waals surface area contributed by atoms with E-state index in [1.54, 1.807) is 0 Å². The number of rotatable bonds is 3. The number of ether oxygens (including phenoxy) is 2. The molecule has 0 radical (unpaired) electrons. The fourth-order valence-corrected chi connectivity index (χ4v) is 3.74. The highest BCUT2D eigenvalue weighted by Gasteiger charge is 2.42. The van der Waals surface area contributed by atoms with Crippen molar-refractivity contribution in [2.24, 2.45) is 5.41 Å². The predicted octanol–water partition coefficient (Wildman–Crippen LogP) is 1.66. The molecule has 0 aromatic heterocycles. The van der Waals surface area contributed by atoms with Crippen molar-refractivity contribution in [2.45, 2.75) is 51.7 Å². The van der Waals surface area contributed by atoms with Crippen LogP contribution in [0.3, 0.4) is 0 Å². The Hall–Kier alpha value is -0.160. The van der Waals surface area contributed by atoms with Gasteiger partial charge in [0.2, 0.25) is 0 Å². The molecule has 1 atom stereocenters. The first-order chi connectivity index (χ1) is 8.76. The van der Waals surface area contributed by atoms with Gasteiger partial charge in [0.25, 0.3) is 0 Å². The van der Waals surface area contributed by atoms with Crippen LogP contribution in [0.2, 0.25) is 0 Å². The molecule has 2 rings (SSSR count). The Kier molecular flexibility index (Phi) is 4.26. The first-order valence-electron chi connectivity index (χ1n) is 7.37. The first kappa shape index (κ1) is 15.2. The second-order valence-electron chi connectivity index (χ2n) is 7.58. The average Bonchev–Trinajstić information content (AvgIpc) is 2.25. The zero-order valence-electron chi connectivity index (χ0n) is 12.9. The molecular formula is C15H29NO3. The molecular weight excluding hydrogens is 242 g/mol. The fourth-order valence-electron chi connectivity index (χ4n) is 3.74. The van der Waals surface area contributed by atoms with Crippen LogP contribution in [0.4, 0.5) is 0 Å². The number of hydrogen-bond acceptors (Lipinski definition) is 4. The molecule has 4 nitrogen and oxygen atoms in total. The summed E-state index contributed by atoms with van der Waals surface area (Å²) in [5.74, 6) is 0. The molecule has 2 aliphatic heterocycles.